The Morgan fingerprint density at radius 1 is 1.55 bits per heavy atom. The minimum atomic E-state index is -0.179. The number of aryl methyl sites for hydroxylation is 1. The molecule has 20 heavy (non-hydrogen) atoms. The molecule has 0 radical (unpaired) electrons. The molecule has 2 rings (SSSR count). The summed E-state index contributed by atoms with van der Waals surface area (Å²) < 4.78 is 0. The molecule has 1 aromatic rings. The molecule has 0 spiro atoms. The molecule has 1 aliphatic heterocycles. The fourth-order valence-corrected chi connectivity index (χ4v) is 2.57. The SMILES string of the molecule is Cc1cc(Cl)nc(CN2CCNCC2C(=O)N(C)C)n1. The number of nitrogens with one attached hydrogen (secondary N) is 1. The maximum Gasteiger partial charge on any atom is 0.240 e. The third kappa shape index (κ3) is 3.65. The van der Waals surface area contributed by atoms with E-state index >= 15 is 0 Å². The van der Waals surface area contributed by atoms with Crippen LogP contribution in [0.1, 0.15) is 11.5 Å². The number of hydrogen-bond donors (Lipinski definition) is 1. The van der Waals surface area contributed by atoms with E-state index in [2.05, 4.69) is 20.2 Å². The average molecular weight is 298 g/mol. The van der Waals surface area contributed by atoms with Gasteiger partial charge in [-0.25, -0.2) is 9.97 Å². The molecule has 110 valence electrons. The normalized spacial score (nSPS) is 19.9. The lowest BCUT2D eigenvalue weighted by atomic mass is 10.1. The maximum absolute atomic E-state index is 12.2. The number of halogens is 1. The summed E-state index contributed by atoms with van der Waals surface area (Å²) in [6.07, 6.45) is 0. The summed E-state index contributed by atoms with van der Waals surface area (Å²) in [4.78, 5) is 24.5. The van der Waals surface area contributed by atoms with E-state index < -0.39 is 0 Å². The van der Waals surface area contributed by atoms with Gasteiger partial charge in [0.25, 0.3) is 0 Å². The van der Waals surface area contributed by atoms with Crippen LogP contribution in [0.2, 0.25) is 5.15 Å². The van der Waals surface area contributed by atoms with Crippen molar-refractivity contribution < 1.29 is 4.79 Å². The quantitative estimate of drug-likeness (QED) is 0.813. The van der Waals surface area contributed by atoms with E-state index in [-0.39, 0.29) is 11.9 Å². The molecule has 0 aromatic carbocycles. The van der Waals surface area contributed by atoms with Crippen LogP contribution in [0, 0.1) is 6.92 Å². The molecule has 1 unspecified atom stereocenters. The van der Waals surface area contributed by atoms with Gasteiger partial charge in [-0.2, -0.15) is 0 Å². The lowest BCUT2D eigenvalue weighted by Gasteiger charge is -2.35. The third-order valence-corrected chi connectivity index (χ3v) is 3.49. The second-order valence-electron chi connectivity index (χ2n) is 5.17. The first kappa shape index (κ1) is 15.2. The molecule has 0 saturated carbocycles. The minimum absolute atomic E-state index is 0.0935. The highest BCUT2D eigenvalue weighted by Gasteiger charge is 2.30. The van der Waals surface area contributed by atoms with Gasteiger partial charge >= 0.3 is 0 Å². The van der Waals surface area contributed by atoms with Crippen LogP contribution >= 0.6 is 11.6 Å². The summed E-state index contributed by atoms with van der Waals surface area (Å²) in [6.45, 7) is 4.72. The lowest BCUT2D eigenvalue weighted by molar-refractivity contribution is -0.135. The summed E-state index contributed by atoms with van der Waals surface area (Å²) in [5, 5.41) is 3.70. The van der Waals surface area contributed by atoms with E-state index in [0.29, 0.717) is 24.1 Å². The second kappa shape index (κ2) is 6.47. The zero-order valence-corrected chi connectivity index (χ0v) is 12.8. The second-order valence-corrected chi connectivity index (χ2v) is 5.56. The molecule has 1 aliphatic rings. The van der Waals surface area contributed by atoms with E-state index in [1.54, 1.807) is 25.1 Å². The molecule has 0 bridgehead atoms. The van der Waals surface area contributed by atoms with E-state index in [9.17, 15) is 4.79 Å². The summed E-state index contributed by atoms with van der Waals surface area (Å²) in [5.74, 6) is 0.754. The molecular formula is C13H20ClN5O. The number of rotatable bonds is 3. The summed E-state index contributed by atoms with van der Waals surface area (Å²) in [5.41, 5.74) is 0.839. The van der Waals surface area contributed by atoms with Crippen LogP contribution in [-0.2, 0) is 11.3 Å². The van der Waals surface area contributed by atoms with Gasteiger partial charge in [0, 0.05) is 39.4 Å². The first-order valence-electron chi connectivity index (χ1n) is 6.63. The van der Waals surface area contributed by atoms with Crippen molar-refractivity contribution >= 4 is 17.5 Å². The standard InChI is InChI=1S/C13H20ClN5O/c1-9-6-11(14)17-12(16-9)8-19-5-4-15-7-10(19)13(20)18(2)3/h6,10,15H,4-5,7-8H2,1-3H3. The Bertz CT molecular complexity index is 473. The lowest BCUT2D eigenvalue weighted by Crippen LogP contribution is -2.57. The summed E-state index contributed by atoms with van der Waals surface area (Å²) in [7, 11) is 3.55. The predicted octanol–water partition coefficient (Wildman–Crippen LogP) is 0.300. The van der Waals surface area contributed by atoms with E-state index in [4.69, 9.17) is 11.6 Å². The van der Waals surface area contributed by atoms with Crippen molar-refractivity contribution in [2.24, 2.45) is 0 Å². The largest absolute Gasteiger partial charge is 0.347 e. The van der Waals surface area contributed by atoms with Crippen molar-refractivity contribution in [2.45, 2.75) is 19.5 Å². The first-order valence-corrected chi connectivity index (χ1v) is 7.01. The van der Waals surface area contributed by atoms with E-state index in [1.165, 1.54) is 0 Å². The Morgan fingerprint density at radius 3 is 2.95 bits per heavy atom. The molecule has 1 atom stereocenters. The van der Waals surface area contributed by atoms with Crippen molar-refractivity contribution in [1.29, 1.82) is 0 Å². The van der Waals surface area contributed by atoms with Gasteiger partial charge in [-0.1, -0.05) is 11.6 Å². The molecule has 1 fully saturated rings. The Hall–Kier alpha value is -1.24. The summed E-state index contributed by atoms with van der Waals surface area (Å²) >= 11 is 5.96. The smallest absolute Gasteiger partial charge is 0.240 e. The van der Waals surface area contributed by atoms with Crippen molar-refractivity contribution in [1.82, 2.24) is 25.1 Å². The number of carbonyl (C=O) groups excluding carboxylic acids is 1. The number of hydrogen-bond acceptors (Lipinski definition) is 5. The first-order chi connectivity index (χ1) is 9.47. The monoisotopic (exact) mass is 297 g/mol. The van der Waals surface area contributed by atoms with Crippen LogP contribution in [0.3, 0.4) is 0 Å². The molecule has 1 amide bonds. The number of piperazine rings is 1. The Labute approximate surface area is 124 Å². The van der Waals surface area contributed by atoms with Gasteiger partial charge in [-0.15, -0.1) is 0 Å². The van der Waals surface area contributed by atoms with Gasteiger partial charge < -0.3 is 10.2 Å². The minimum Gasteiger partial charge on any atom is -0.347 e. The van der Waals surface area contributed by atoms with Gasteiger partial charge in [0.2, 0.25) is 5.91 Å². The fourth-order valence-electron chi connectivity index (χ4n) is 2.32. The van der Waals surface area contributed by atoms with Crippen LogP contribution in [0.5, 0.6) is 0 Å². The van der Waals surface area contributed by atoms with Gasteiger partial charge in [0.15, 0.2) is 0 Å². The van der Waals surface area contributed by atoms with Crippen LogP contribution in [-0.4, -0.2) is 65.4 Å². The number of likely N-dealkylation sites (N-methyl/N-ethyl adjacent to an activating group) is 1. The molecule has 2 heterocycles. The molecule has 1 saturated heterocycles. The van der Waals surface area contributed by atoms with Crippen molar-refractivity contribution in [3.8, 4) is 0 Å². The average Bonchev–Trinajstić information content (AvgIpc) is 2.37. The van der Waals surface area contributed by atoms with Crippen molar-refractivity contribution in [3.05, 3.63) is 22.7 Å². The zero-order chi connectivity index (χ0) is 14.7. The highest BCUT2D eigenvalue weighted by molar-refractivity contribution is 6.29. The number of amides is 1. The molecule has 1 N–H and O–H groups in total. The van der Waals surface area contributed by atoms with E-state index in [1.807, 2.05) is 6.92 Å². The highest BCUT2D eigenvalue weighted by atomic mass is 35.5. The Kier molecular flexibility index (Phi) is 4.91. The fraction of sp³-hybridized carbons (Fsp3) is 0.615. The predicted molar refractivity (Wildman–Crippen MR) is 77.5 cm³/mol. The number of nitrogens with zero attached hydrogens (tertiary/aromatic N) is 4. The third-order valence-electron chi connectivity index (χ3n) is 3.29. The number of aromatic nitrogens is 2. The zero-order valence-electron chi connectivity index (χ0n) is 12.1. The Morgan fingerprint density at radius 2 is 2.30 bits per heavy atom. The molecule has 7 heteroatoms. The van der Waals surface area contributed by atoms with Gasteiger partial charge in [-0.05, 0) is 13.0 Å². The topological polar surface area (TPSA) is 61.4 Å². The number of carbonyl (C=O) groups is 1. The van der Waals surface area contributed by atoms with Crippen LogP contribution in [0.25, 0.3) is 0 Å². The summed E-state index contributed by atoms with van der Waals surface area (Å²) in [6, 6.07) is 1.55. The van der Waals surface area contributed by atoms with E-state index in [0.717, 1.165) is 18.8 Å². The van der Waals surface area contributed by atoms with Crippen LogP contribution in [0.15, 0.2) is 6.07 Å². The molecule has 1 aromatic heterocycles. The molecular weight excluding hydrogens is 278 g/mol. The van der Waals surface area contributed by atoms with Crippen molar-refractivity contribution in [2.75, 3.05) is 33.7 Å². The van der Waals surface area contributed by atoms with Gasteiger partial charge in [0.05, 0.1) is 6.54 Å². The van der Waals surface area contributed by atoms with Crippen LogP contribution in [0.4, 0.5) is 0 Å². The van der Waals surface area contributed by atoms with Crippen molar-refractivity contribution in [3.63, 3.8) is 0 Å². The van der Waals surface area contributed by atoms with Gasteiger partial charge in [0.1, 0.15) is 17.0 Å². The Balaban J connectivity index is 2.14. The van der Waals surface area contributed by atoms with Gasteiger partial charge in [-0.3, -0.25) is 9.69 Å². The molecule has 6 nitrogen and oxygen atoms in total. The highest BCUT2D eigenvalue weighted by Crippen LogP contribution is 2.12. The molecule has 0 aliphatic carbocycles. The van der Waals surface area contributed by atoms with Crippen LogP contribution < -0.4 is 5.32 Å². The maximum atomic E-state index is 12.2.